The zero-order chi connectivity index (χ0) is 15.0. The smallest absolute Gasteiger partial charge is 0.330 e. The van der Waals surface area contributed by atoms with Gasteiger partial charge in [-0.2, -0.15) is 13.2 Å². The van der Waals surface area contributed by atoms with E-state index in [0.29, 0.717) is 37.7 Å². The molecule has 3 rings (SSSR count). The molecule has 3 atom stereocenters. The van der Waals surface area contributed by atoms with Crippen LogP contribution in [0.2, 0.25) is 0 Å². The van der Waals surface area contributed by atoms with Crippen molar-refractivity contribution >= 4 is 0 Å². The molecule has 1 aliphatic carbocycles. The summed E-state index contributed by atoms with van der Waals surface area (Å²) in [7, 11) is 0. The Kier molecular flexibility index (Phi) is 3.94. The molecule has 0 spiro atoms. The van der Waals surface area contributed by atoms with Gasteiger partial charge in [0.25, 0.3) is 0 Å². The monoisotopic (exact) mass is 302 g/mol. The summed E-state index contributed by atoms with van der Waals surface area (Å²) in [6.45, 7) is 1.22. The van der Waals surface area contributed by atoms with Crippen LogP contribution >= 0.6 is 0 Å². The average molecular weight is 302 g/mol. The van der Waals surface area contributed by atoms with E-state index in [1.54, 1.807) is 0 Å². The lowest BCUT2D eigenvalue weighted by Crippen LogP contribution is -2.34. The summed E-state index contributed by atoms with van der Waals surface area (Å²) < 4.78 is 41.8. The highest BCUT2D eigenvalue weighted by molar-refractivity contribution is 5.09. The zero-order valence-corrected chi connectivity index (χ0v) is 11.9. The van der Waals surface area contributed by atoms with Gasteiger partial charge in [-0.3, -0.25) is 0 Å². The average Bonchev–Trinajstić information content (AvgIpc) is 2.89. The molecule has 1 aromatic heterocycles. The van der Waals surface area contributed by atoms with Gasteiger partial charge in [-0.25, -0.2) is 0 Å². The van der Waals surface area contributed by atoms with Gasteiger partial charge in [-0.15, -0.1) is 10.2 Å². The van der Waals surface area contributed by atoms with Gasteiger partial charge in [0, 0.05) is 18.9 Å². The van der Waals surface area contributed by atoms with Crippen LogP contribution in [0.1, 0.15) is 49.7 Å². The molecule has 0 bridgehead atoms. The topological polar surface area (TPSA) is 56.7 Å². The maximum absolute atomic E-state index is 13.3. The van der Waals surface area contributed by atoms with E-state index in [0.717, 1.165) is 25.1 Å². The van der Waals surface area contributed by atoms with E-state index in [1.807, 2.05) is 4.57 Å². The molecule has 21 heavy (non-hydrogen) atoms. The maximum Gasteiger partial charge on any atom is 0.392 e. The van der Waals surface area contributed by atoms with Crippen LogP contribution in [-0.2, 0) is 13.0 Å². The first-order valence-corrected chi connectivity index (χ1v) is 7.69. The Bertz CT molecular complexity index is 497. The number of aromatic nitrogens is 3. The van der Waals surface area contributed by atoms with Gasteiger partial charge in [0.1, 0.15) is 11.6 Å². The maximum atomic E-state index is 13.3. The van der Waals surface area contributed by atoms with Gasteiger partial charge >= 0.3 is 6.18 Å². The molecule has 0 radical (unpaired) electrons. The summed E-state index contributed by atoms with van der Waals surface area (Å²) in [4.78, 5) is 0. The number of nitrogens with zero attached hydrogens (tertiary/aromatic N) is 3. The Labute approximate surface area is 121 Å². The predicted octanol–water partition coefficient (Wildman–Crippen LogP) is 2.64. The Morgan fingerprint density at radius 3 is 2.62 bits per heavy atom. The summed E-state index contributed by atoms with van der Waals surface area (Å²) in [5.74, 6) is -0.152. The summed E-state index contributed by atoms with van der Waals surface area (Å²) >= 11 is 0. The molecule has 2 aliphatic rings. The molecule has 1 aliphatic heterocycles. The van der Waals surface area contributed by atoms with Gasteiger partial charge < -0.3 is 10.3 Å². The minimum atomic E-state index is -4.15. The van der Waals surface area contributed by atoms with Crippen molar-refractivity contribution in [1.29, 1.82) is 0 Å². The third-order valence-corrected chi connectivity index (χ3v) is 4.92. The third kappa shape index (κ3) is 2.80. The number of rotatable bonds is 2. The van der Waals surface area contributed by atoms with Crippen molar-refractivity contribution in [3.05, 3.63) is 11.6 Å². The molecule has 1 saturated carbocycles. The first kappa shape index (κ1) is 14.8. The number of fused-ring (bicyclic) bond motifs is 1. The molecule has 1 fully saturated rings. The lowest BCUT2D eigenvalue weighted by molar-refractivity contribution is -0.188. The quantitative estimate of drug-likeness (QED) is 0.913. The predicted molar refractivity (Wildman–Crippen MR) is 71.6 cm³/mol. The van der Waals surface area contributed by atoms with Gasteiger partial charge in [-0.05, 0) is 31.7 Å². The fourth-order valence-electron chi connectivity index (χ4n) is 3.71. The van der Waals surface area contributed by atoms with Gasteiger partial charge in [0.05, 0.1) is 5.92 Å². The molecular formula is C14H21F3N4. The molecule has 0 saturated heterocycles. The van der Waals surface area contributed by atoms with Crippen molar-refractivity contribution in [2.24, 2.45) is 17.6 Å². The van der Waals surface area contributed by atoms with Crippen molar-refractivity contribution in [3.63, 3.8) is 0 Å². The summed E-state index contributed by atoms with van der Waals surface area (Å²) in [5.41, 5.74) is 5.72. The molecule has 7 heteroatoms. The lowest BCUT2D eigenvalue weighted by atomic mass is 9.78. The van der Waals surface area contributed by atoms with Gasteiger partial charge in [0.2, 0.25) is 0 Å². The van der Waals surface area contributed by atoms with E-state index < -0.39 is 18.0 Å². The molecule has 3 unspecified atom stereocenters. The van der Waals surface area contributed by atoms with Crippen molar-refractivity contribution in [2.45, 2.75) is 57.2 Å². The number of halogens is 3. The number of alkyl halides is 3. The van der Waals surface area contributed by atoms with Crippen LogP contribution in [0.25, 0.3) is 0 Å². The number of hydrogen-bond donors (Lipinski definition) is 1. The first-order chi connectivity index (χ1) is 10.0. The summed E-state index contributed by atoms with van der Waals surface area (Å²) in [6.07, 6.45) is -0.210. The SMILES string of the molecule is NCC1CCc2nnc(C3CCCCC3C(F)(F)F)n2C1. The fraction of sp³-hybridized carbons (Fsp3) is 0.857. The zero-order valence-electron chi connectivity index (χ0n) is 11.9. The first-order valence-electron chi connectivity index (χ1n) is 7.69. The molecule has 0 amide bonds. The highest BCUT2D eigenvalue weighted by Gasteiger charge is 2.47. The second-order valence-corrected chi connectivity index (χ2v) is 6.26. The number of aryl methyl sites for hydroxylation is 1. The van der Waals surface area contributed by atoms with Crippen LogP contribution in [0.4, 0.5) is 13.2 Å². The molecule has 1 aromatic rings. The molecule has 2 N–H and O–H groups in total. The normalized spacial score (nSPS) is 30.2. The minimum absolute atomic E-state index is 0.205. The Balaban J connectivity index is 1.91. The van der Waals surface area contributed by atoms with E-state index in [1.165, 1.54) is 0 Å². The van der Waals surface area contributed by atoms with Crippen LogP contribution in [0.3, 0.4) is 0 Å². The summed E-state index contributed by atoms with van der Waals surface area (Å²) in [6, 6.07) is 0. The van der Waals surface area contributed by atoms with Crippen LogP contribution < -0.4 is 5.73 Å². The van der Waals surface area contributed by atoms with Crippen molar-refractivity contribution in [1.82, 2.24) is 14.8 Å². The van der Waals surface area contributed by atoms with E-state index >= 15 is 0 Å². The van der Waals surface area contributed by atoms with Crippen molar-refractivity contribution in [2.75, 3.05) is 6.54 Å². The van der Waals surface area contributed by atoms with Crippen LogP contribution in [0.15, 0.2) is 0 Å². The second kappa shape index (κ2) is 5.59. The molecule has 118 valence electrons. The fourth-order valence-corrected chi connectivity index (χ4v) is 3.71. The number of nitrogens with two attached hydrogens (primary N) is 1. The van der Waals surface area contributed by atoms with Crippen LogP contribution in [-0.4, -0.2) is 27.5 Å². The van der Waals surface area contributed by atoms with E-state index in [4.69, 9.17) is 5.73 Å². The van der Waals surface area contributed by atoms with Gasteiger partial charge in [-0.1, -0.05) is 12.8 Å². The molecular weight excluding hydrogens is 281 g/mol. The van der Waals surface area contributed by atoms with Crippen LogP contribution in [0, 0.1) is 11.8 Å². The largest absolute Gasteiger partial charge is 0.392 e. The van der Waals surface area contributed by atoms with E-state index in [2.05, 4.69) is 10.2 Å². The van der Waals surface area contributed by atoms with E-state index in [9.17, 15) is 13.2 Å². The second-order valence-electron chi connectivity index (χ2n) is 6.26. The highest BCUT2D eigenvalue weighted by Crippen LogP contribution is 2.46. The van der Waals surface area contributed by atoms with Crippen molar-refractivity contribution < 1.29 is 13.2 Å². The Morgan fingerprint density at radius 2 is 1.90 bits per heavy atom. The van der Waals surface area contributed by atoms with Crippen LogP contribution in [0.5, 0.6) is 0 Å². The molecule has 0 aromatic carbocycles. The summed E-state index contributed by atoms with van der Waals surface area (Å²) in [5, 5.41) is 8.25. The van der Waals surface area contributed by atoms with Crippen molar-refractivity contribution in [3.8, 4) is 0 Å². The Morgan fingerprint density at radius 1 is 1.14 bits per heavy atom. The van der Waals surface area contributed by atoms with E-state index in [-0.39, 0.29) is 6.42 Å². The Hall–Kier alpha value is -1.11. The van der Waals surface area contributed by atoms with Gasteiger partial charge in [0.15, 0.2) is 0 Å². The highest BCUT2D eigenvalue weighted by atomic mass is 19.4. The minimum Gasteiger partial charge on any atom is -0.330 e. The standard InChI is InChI=1S/C14H21F3N4/c15-14(16,17)11-4-2-1-3-10(11)13-20-19-12-6-5-9(7-18)8-21(12)13/h9-11H,1-8,18H2. The lowest BCUT2D eigenvalue weighted by Gasteiger charge is -2.33. The molecule has 4 nitrogen and oxygen atoms in total. The number of hydrogen-bond acceptors (Lipinski definition) is 3. The molecule has 2 heterocycles. The third-order valence-electron chi connectivity index (χ3n) is 4.92.